The Morgan fingerprint density at radius 2 is 2.27 bits per heavy atom. The van der Waals surface area contributed by atoms with Crippen LogP contribution in [-0.4, -0.2) is 35.0 Å². The lowest BCUT2D eigenvalue weighted by atomic mass is 10.2. The van der Waals surface area contributed by atoms with E-state index in [0.717, 1.165) is 5.75 Å². The Kier molecular flexibility index (Phi) is 7.81. The molecule has 86 valence electrons. The van der Waals surface area contributed by atoms with E-state index < -0.39 is 12.0 Å². The highest BCUT2D eigenvalue weighted by atomic mass is 32.2. The topological polar surface area (TPSA) is 66.4 Å². The van der Waals surface area contributed by atoms with Crippen molar-refractivity contribution in [1.29, 1.82) is 0 Å². The molecule has 15 heavy (non-hydrogen) atoms. The lowest BCUT2D eigenvalue weighted by Gasteiger charge is -2.13. The first-order valence-corrected chi connectivity index (χ1v) is 6.13. The van der Waals surface area contributed by atoms with E-state index in [1.165, 1.54) is 0 Å². The number of carboxylic acid groups (broad SMARTS) is 1. The van der Waals surface area contributed by atoms with Crippen molar-refractivity contribution in [3.8, 4) is 0 Å². The van der Waals surface area contributed by atoms with Gasteiger partial charge in [-0.25, -0.2) is 4.79 Å². The third-order valence-corrected chi connectivity index (χ3v) is 2.46. The minimum atomic E-state index is -0.976. The number of hydrogen-bond donors (Lipinski definition) is 2. The number of carbonyl (C=O) groups excluding carboxylic acids is 1. The highest BCUT2D eigenvalue weighted by molar-refractivity contribution is 7.98. The quantitative estimate of drug-likeness (QED) is 0.617. The summed E-state index contributed by atoms with van der Waals surface area (Å²) in [6.07, 6.45) is 4.86. The van der Waals surface area contributed by atoms with Crippen LogP contribution < -0.4 is 5.32 Å². The molecule has 0 fully saturated rings. The molecule has 1 amide bonds. The second-order valence-corrected chi connectivity index (χ2v) is 4.05. The Labute approximate surface area is 94.1 Å². The number of aliphatic carboxylic acids is 1. The fraction of sp³-hybridized carbons (Fsp3) is 0.600. The van der Waals surface area contributed by atoms with Gasteiger partial charge in [-0.3, -0.25) is 4.79 Å². The number of carbonyl (C=O) groups is 2. The van der Waals surface area contributed by atoms with Crippen LogP contribution in [0.15, 0.2) is 12.7 Å². The van der Waals surface area contributed by atoms with E-state index >= 15 is 0 Å². The van der Waals surface area contributed by atoms with E-state index in [1.54, 1.807) is 17.8 Å². The van der Waals surface area contributed by atoms with Crippen molar-refractivity contribution in [3.63, 3.8) is 0 Å². The molecule has 0 aliphatic heterocycles. The van der Waals surface area contributed by atoms with E-state index in [4.69, 9.17) is 5.11 Å². The van der Waals surface area contributed by atoms with Crippen LogP contribution in [-0.2, 0) is 9.59 Å². The second kappa shape index (κ2) is 8.35. The second-order valence-electron chi connectivity index (χ2n) is 3.07. The molecule has 5 heteroatoms. The maximum absolute atomic E-state index is 11.3. The minimum absolute atomic E-state index is 0.233. The Bertz CT molecular complexity index is 231. The molecule has 0 aromatic carbocycles. The van der Waals surface area contributed by atoms with Gasteiger partial charge in [-0.15, -0.1) is 6.58 Å². The van der Waals surface area contributed by atoms with Gasteiger partial charge in [-0.05, 0) is 24.9 Å². The monoisotopic (exact) mass is 231 g/mol. The van der Waals surface area contributed by atoms with Crippen LogP contribution in [0.25, 0.3) is 0 Å². The first-order valence-electron chi connectivity index (χ1n) is 4.73. The summed E-state index contributed by atoms with van der Waals surface area (Å²) >= 11 is 1.56. The Balaban J connectivity index is 3.98. The molecule has 0 aliphatic rings. The number of amides is 1. The summed E-state index contributed by atoms with van der Waals surface area (Å²) in [6, 6.07) is -0.769. The van der Waals surface area contributed by atoms with Gasteiger partial charge in [0.2, 0.25) is 5.91 Å². The molecule has 0 radical (unpaired) electrons. The molecule has 0 aromatic heterocycles. The largest absolute Gasteiger partial charge is 0.480 e. The van der Waals surface area contributed by atoms with Crippen LogP contribution in [0.4, 0.5) is 0 Å². The van der Waals surface area contributed by atoms with Gasteiger partial charge >= 0.3 is 5.97 Å². The zero-order chi connectivity index (χ0) is 11.7. The van der Waals surface area contributed by atoms with Gasteiger partial charge in [0, 0.05) is 6.42 Å². The van der Waals surface area contributed by atoms with Crippen LogP contribution in [0.2, 0.25) is 0 Å². The average molecular weight is 231 g/mol. The van der Waals surface area contributed by atoms with Crippen molar-refractivity contribution < 1.29 is 14.7 Å². The van der Waals surface area contributed by atoms with Gasteiger partial charge in [0.15, 0.2) is 0 Å². The maximum atomic E-state index is 11.3. The zero-order valence-electron chi connectivity index (χ0n) is 8.86. The lowest BCUT2D eigenvalue weighted by molar-refractivity contribution is -0.141. The van der Waals surface area contributed by atoms with E-state index in [9.17, 15) is 9.59 Å². The van der Waals surface area contributed by atoms with Gasteiger partial charge < -0.3 is 10.4 Å². The maximum Gasteiger partial charge on any atom is 0.326 e. The first kappa shape index (κ1) is 14.0. The Morgan fingerprint density at radius 3 is 2.73 bits per heavy atom. The number of thioether (sulfide) groups is 1. The van der Waals surface area contributed by atoms with Crippen molar-refractivity contribution in [2.45, 2.75) is 25.3 Å². The fourth-order valence-electron chi connectivity index (χ4n) is 0.993. The first-order chi connectivity index (χ1) is 7.11. The molecule has 0 aromatic rings. The van der Waals surface area contributed by atoms with E-state index in [-0.39, 0.29) is 5.91 Å². The van der Waals surface area contributed by atoms with E-state index in [1.807, 2.05) is 6.26 Å². The van der Waals surface area contributed by atoms with Gasteiger partial charge in [0.05, 0.1) is 0 Å². The molecule has 0 aliphatic carbocycles. The minimum Gasteiger partial charge on any atom is -0.480 e. The fourth-order valence-corrected chi connectivity index (χ4v) is 1.46. The van der Waals surface area contributed by atoms with Crippen molar-refractivity contribution in [1.82, 2.24) is 5.32 Å². The molecule has 4 nitrogen and oxygen atoms in total. The molecule has 0 saturated carbocycles. The number of carboxylic acids is 1. The molecule has 0 bridgehead atoms. The summed E-state index contributed by atoms with van der Waals surface area (Å²) < 4.78 is 0. The highest BCUT2D eigenvalue weighted by Gasteiger charge is 2.18. The van der Waals surface area contributed by atoms with Crippen LogP contribution in [0.5, 0.6) is 0 Å². The number of hydrogen-bond acceptors (Lipinski definition) is 3. The van der Waals surface area contributed by atoms with Gasteiger partial charge in [0.25, 0.3) is 0 Å². The van der Waals surface area contributed by atoms with Crippen molar-refractivity contribution in [2.24, 2.45) is 0 Å². The third kappa shape index (κ3) is 7.02. The SMILES string of the molecule is C=CCCC(=O)NC(CCSC)C(=O)O. The molecule has 2 N–H and O–H groups in total. The normalized spacial score (nSPS) is 11.8. The molecular formula is C10H17NO3S. The highest BCUT2D eigenvalue weighted by Crippen LogP contribution is 2.02. The molecule has 1 unspecified atom stereocenters. The standard InChI is InChI=1S/C10H17NO3S/c1-3-4-5-9(12)11-8(10(13)14)6-7-15-2/h3,8H,1,4-7H2,2H3,(H,11,12)(H,13,14). The van der Waals surface area contributed by atoms with Crippen molar-refractivity contribution in [2.75, 3.05) is 12.0 Å². The van der Waals surface area contributed by atoms with Crippen molar-refractivity contribution >= 4 is 23.6 Å². The van der Waals surface area contributed by atoms with Crippen LogP contribution in [0.3, 0.4) is 0 Å². The molecule has 0 saturated heterocycles. The van der Waals surface area contributed by atoms with Gasteiger partial charge in [-0.2, -0.15) is 11.8 Å². The summed E-state index contributed by atoms with van der Waals surface area (Å²) in [5, 5.41) is 11.3. The number of rotatable bonds is 8. The summed E-state index contributed by atoms with van der Waals surface area (Å²) in [4.78, 5) is 22.0. The number of allylic oxidation sites excluding steroid dienone is 1. The van der Waals surface area contributed by atoms with Crippen LogP contribution in [0.1, 0.15) is 19.3 Å². The summed E-state index contributed by atoms with van der Waals surface area (Å²) in [6.45, 7) is 3.50. The molecule has 0 heterocycles. The van der Waals surface area contributed by atoms with Gasteiger partial charge in [-0.1, -0.05) is 6.08 Å². The third-order valence-electron chi connectivity index (χ3n) is 1.82. The number of nitrogens with one attached hydrogen (secondary N) is 1. The van der Waals surface area contributed by atoms with E-state index in [0.29, 0.717) is 19.3 Å². The molecule has 0 rings (SSSR count). The predicted molar refractivity (Wildman–Crippen MR) is 62.0 cm³/mol. The van der Waals surface area contributed by atoms with Crippen molar-refractivity contribution in [3.05, 3.63) is 12.7 Å². The van der Waals surface area contributed by atoms with E-state index in [2.05, 4.69) is 11.9 Å². The Hall–Kier alpha value is -0.970. The van der Waals surface area contributed by atoms with Gasteiger partial charge in [0.1, 0.15) is 6.04 Å². The summed E-state index contributed by atoms with van der Waals surface area (Å²) in [5.41, 5.74) is 0. The zero-order valence-corrected chi connectivity index (χ0v) is 9.68. The summed E-state index contributed by atoms with van der Waals surface area (Å²) in [5.74, 6) is -0.488. The summed E-state index contributed by atoms with van der Waals surface area (Å²) in [7, 11) is 0. The van der Waals surface area contributed by atoms with Crippen LogP contribution >= 0.6 is 11.8 Å². The molecular weight excluding hydrogens is 214 g/mol. The lowest BCUT2D eigenvalue weighted by Crippen LogP contribution is -2.41. The smallest absolute Gasteiger partial charge is 0.326 e. The molecule has 1 atom stereocenters. The average Bonchev–Trinajstić information content (AvgIpc) is 2.20. The predicted octanol–water partition coefficient (Wildman–Crippen LogP) is 1.28. The molecule has 0 spiro atoms. The van der Waals surface area contributed by atoms with Crippen LogP contribution in [0, 0.1) is 0 Å². The Morgan fingerprint density at radius 1 is 1.60 bits per heavy atom.